The van der Waals surface area contributed by atoms with Crippen LogP contribution in [0.2, 0.25) is 5.02 Å². The minimum Gasteiger partial charge on any atom is -0.444 e. The van der Waals surface area contributed by atoms with Crippen molar-refractivity contribution in [3.63, 3.8) is 0 Å². The van der Waals surface area contributed by atoms with E-state index < -0.39 is 11.7 Å². The second kappa shape index (κ2) is 6.47. The highest BCUT2D eigenvalue weighted by Crippen LogP contribution is 2.09. The van der Waals surface area contributed by atoms with Crippen LogP contribution in [-0.4, -0.2) is 35.7 Å². The number of aromatic nitrogens is 1. The summed E-state index contributed by atoms with van der Waals surface area (Å²) in [4.78, 5) is 25.6. The number of nitrogens with one attached hydrogen (secondary N) is 3. The average Bonchev–Trinajstić information content (AvgIpc) is 2.68. The molecule has 1 aromatic rings. The van der Waals surface area contributed by atoms with Gasteiger partial charge in [0.25, 0.3) is 5.91 Å². The van der Waals surface area contributed by atoms with Gasteiger partial charge in [-0.2, -0.15) is 0 Å². The largest absolute Gasteiger partial charge is 0.444 e. The van der Waals surface area contributed by atoms with Crippen LogP contribution in [0.4, 0.5) is 4.79 Å². The van der Waals surface area contributed by atoms with Gasteiger partial charge in [0, 0.05) is 19.3 Å². The number of hydrogen-bond donors (Lipinski definition) is 3. The summed E-state index contributed by atoms with van der Waals surface area (Å²) in [6.45, 7) is 5.93. The number of amides is 2. The number of carbonyl (C=O) groups excluding carboxylic acids is 2. The van der Waals surface area contributed by atoms with Crippen molar-refractivity contribution in [2.45, 2.75) is 26.4 Å². The van der Waals surface area contributed by atoms with Crippen molar-refractivity contribution < 1.29 is 14.3 Å². The highest BCUT2D eigenvalue weighted by atomic mass is 35.5. The molecular formula is C12H18ClN3O3. The molecule has 0 aromatic carbocycles. The van der Waals surface area contributed by atoms with Crippen molar-refractivity contribution in [1.29, 1.82) is 0 Å². The number of ether oxygens (including phenoxy) is 1. The lowest BCUT2D eigenvalue weighted by Crippen LogP contribution is -2.37. The molecule has 1 rings (SSSR count). The van der Waals surface area contributed by atoms with Gasteiger partial charge in [-0.3, -0.25) is 4.79 Å². The van der Waals surface area contributed by atoms with E-state index in [1.807, 2.05) is 0 Å². The van der Waals surface area contributed by atoms with E-state index in [2.05, 4.69) is 15.6 Å². The van der Waals surface area contributed by atoms with Gasteiger partial charge in [-0.25, -0.2) is 4.79 Å². The van der Waals surface area contributed by atoms with Crippen LogP contribution >= 0.6 is 11.6 Å². The van der Waals surface area contributed by atoms with E-state index in [0.29, 0.717) is 17.3 Å². The zero-order chi connectivity index (χ0) is 14.5. The van der Waals surface area contributed by atoms with Crippen LogP contribution in [0.15, 0.2) is 12.3 Å². The molecule has 6 nitrogen and oxygen atoms in total. The van der Waals surface area contributed by atoms with Gasteiger partial charge in [0.2, 0.25) is 0 Å². The van der Waals surface area contributed by atoms with Crippen LogP contribution in [-0.2, 0) is 4.74 Å². The van der Waals surface area contributed by atoms with Crippen molar-refractivity contribution in [3.8, 4) is 0 Å². The third kappa shape index (κ3) is 6.15. The molecule has 19 heavy (non-hydrogen) atoms. The third-order valence-electron chi connectivity index (χ3n) is 1.97. The van der Waals surface area contributed by atoms with Gasteiger partial charge in [0.1, 0.15) is 11.3 Å². The van der Waals surface area contributed by atoms with Crippen molar-refractivity contribution in [3.05, 3.63) is 23.0 Å². The number of carbonyl (C=O) groups is 2. The smallest absolute Gasteiger partial charge is 0.407 e. The Labute approximate surface area is 116 Å². The lowest BCUT2D eigenvalue weighted by molar-refractivity contribution is 0.0526. The van der Waals surface area contributed by atoms with E-state index in [-0.39, 0.29) is 12.5 Å². The van der Waals surface area contributed by atoms with E-state index in [1.54, 1.807) is 20.8 Å². The van der Waals surface area contributed by atoms with Gasteiger partial charge in [0.05, 0.1) is 5.02 Å². The fraction of sp³-hybridized carbons (Fsp3) is 0.500. The third-order valence-corrected chi connectivity index (χ3v) is 2.19. The quantitative estimate of drug-likeness (QED) is 0.740. The second-order valence-electron chi connectivity index (χ2n) is 4.92. The summed E-state index contributed by atoms with van der Waals surface area (Å²) in [5, 5.41) is 5.64. The molecule has 7 heteroatoms. The maximum absolute atomic E-state index is 11.6. The highest BCUT2D eigenvalue weighted by molar-refractivity contribution is 6.30. The Kier molecular flexibility index (Phi) is 5.23. The summed E-state index contributed by atoms with van der Waals surface area (Å²) >= 11 is 5.68. The number of rotatable bonds is 4. The van der Waals surface area contributed by atoms with Crippen LogP contribution < -0.4 is 10.6 Å². The molecule has 1 aromatic heterocycles. The minimum atomic E-state index is -0.533. The van der Waals surface area contributed by atoms with E-state index in [1.165, 1.54) is 12.3 Å². The Hall–Kier alpha value is -1.69. The van der Waals surface area contributed by atoms with E-state index >= 15 is 0 Å². The summed E-state index contributed by atoms with van der Waals surface area (Å²) < 4.78 is 5.05. The Morgan fingerprint density at radius 1 is 1.32 bits per heavy atom. The fourth-order valence-corrected chi connectivity index (χ4v) is 1.41. The normalized spacial score (nSPS) is 10.9. The summed E-state index contributed by atoms with van der Waals surface area (Å²) in [7, 11) is 0. The first-order valence-electron chi connectivity index (χ1n) is 5.87. The number of aromatic amines is 1. The van der Waals surface area contributed by atoms with Crippen molar-refractivity contribution in [2.75, 3.05) is 13.1 Å². The minimum absolute atomic E-state index is 0.280. The van der Waals surface area contributed by atoms with Gasteiger partial charge in [0.15, 0.2) is 0 Å². The summed E-state index contributed by atoms with van der Waals surface area (Å²) in [6, 6.07) is 1.53. The van der Waals surface area contributed by atoms with Gasteiger partial charge in [-0.05, 0) is 26.8 Å². The maximum Gasteiger partial charge on any atom is 0.407 e. The lowest BCUT2D eigenvalue weighted by Gasteiger charge is -2.19. The number of alkyl carbamates (subject to hydrolysis) is 1. The first-order chi connectivity index (χ1) is 8.78. The molecule has 0 aliphatic heterocycles. The second-order valence-corrected chi connectivity index (χ2v) is 5.35. The van der Waals surface area contributed by atoms with Gasteiger partial charge >= 0.3 is 6.09 Å². The molecule has 0 spiro atoms. The zero-order valence-electron chi connectivity index (χ0n) is 11.2. The van der Waals surface area contributed by atoms with Crippen LogP contribution in [0.3, 0.4) is 0 Å². The topological polar surface area (TPSA) is 83.2 Å². The summed E-state index contributed by atoms with van der Waals surface area (Å²) in [5.41, 5.74) is -0.156. The standard InChI is InChI=1S/C12H18ClN3O3/c1-12(2,3)19-11(18)15-5-4-14-10(17)9-6-8(13)7-16-9/h6-7,16H,4-5H2,1-3H3,(H,14,17)(H,15,18). The highest BCUT2D eigenvalue weighted by Gasteiger charge is 2.15. The lowest BCUT2D eigenvalue weighted by atomic mass is 10.2. The molecule has 0 unspecified atom stereocenters. The predicted octanol–water partition coefficient (Wildman–Crippen LogP) is 1.92. The predicted molar refractivity (Wildman–Crippen MR) is 72.4 cm³/mol. The Morgan fingerprint density at radius 2 is 1.95 bits per heavy atom. The van der Waals surface area contributed by atoms with E-state index in [4.69, 9.17) is 16.3 Å². The van der Waals surface area contributed by atoms with Crippen LogP contribution in [0.5, 0.6) is 0 Å². The van der Waals surface area contributed by atoms with E-state index in [9.17, 15) is 9.59 Å². The molecule has 0 aliphatic rings. The van der Waals surface area contributed by atoms with Crippen LogP contribution in [0.25, 0.3) is 0 Å². The molecule has 1 heterocycles. The molecule has 0 saturated heterocycles. The van der Waals surface area contributed by atoms with Crippen molar-refractivity contribution >= 4 is 23.6 Å². The molecule has 2 amide bonds. The summed E-state index contributed by atoms with van der Waals surface area (Å²) in [6.07, 6.45) is 1.01. The first-order valence-corrected chi connectivity index (χ1v) is 6.25. The number of hydrogen-bond acceptors (Lipinski definition) is 3. The number of halogens is 1. The number of H-pyrrole nitrogens is 1. The molecule has 106 valence electrons. The maximum atomic E-state index is 11.6. The van der Waals surface area contributed by atoms with Gasteiger partial charge in [-0.15, -0.1) is 0 Å². The molecule has 0 saturated carbocycles. The SMILES string of the molecule is CC(C)(C)OC(=O)NCCNC(=O)c1cc(Cl)c[nH]1. The summed E-state index contributed by atoms with van der Waals surface area (Å²) in [5.74, 6) is -0.280. The van der Waals surface area contributed by atoms with Crippen molar-refractivity contribution in [2.24, 2.45) is 0 Å². The molecule has 3 N–H and O–H groups in total. The van der Waals surface area contributed by atoms with E-state index in [0.717, 1.165) is 0 Å². The first kappa shape index (κ1) is 15.4. The molecule has 0 radical (unpaired) electrons. The Balaban J connectivity index is 2.21. The average molecular weight is 288 g/mol. The van der Waals surface area contributed by atoms with Gasteiger partial charge < -0.3 is 20.4 Å². The molecule has 0 aliphatic carbocycles. The monoisotopic (exact) mass is 287 g/mol. The van der Waals surface area contributed by atoms with Crippen molar-refractivity contribution in [1.82, 2.24) is 15.6 Å². The Bertz CT molecular complexity index is 451. The van der Waals surface area contributed by atoms with Crippen LogP contribution in [0, 0.1) is 0 Å². The molecular weight excluding hydrogens is 270 g/mol. The van der Waals surface area contributed by atoms with Gasteiger partial charge in [-0.1, -0.05) is 11.6 Å². The fourth-order valence-electron chi connectivity index (χ4n) is 1.25. The molecule has 0 fully saturated rings. The van der Waals surface area contributed by atoms with Crippen LogP contribution in [0.1, 0.15) is 31.3 Å². The Morgan fingerprint density at radius 3 is 2.47 bits per heavy atom. The zero-order valence-corrected chi connectivity index (χ0v) is 11.9. The molecule has 0 atom stereocenters. The molecule has 0 bridgehead atoms.